The number of rotatable bonds is 4. The normalized spacial score (nSPS) is 10.2. The highest BCUT2D eigenvalue weighted by Crippen LogP contribution is 2.35. The van der Waals surface area contributed by atoms with Crippen molar-refractivity contribution < 1.29 is 14.3 Å². The first-order valence-corrected chi connectivity index (χ1v) is 5.42. The summed E-state index contributed by atoms with van der Waals surface area (Å²) >= 11 is 0. The molecule has 0 aliphatic carbocycles. The van der Waals surface area contributed by atoms with Gasteiger partial charge in [-0.05, 0) is 24.6 Å². The van der Waals surface area contributed by atoms with Crippen LogP contribution in [0, 0.1) is 6.92 Å². The number of ether oxygens (including phenoxy) is 2. The summed E-state index contributed by atoms with van der Waals surface area (Å²) in [7, 11) is 3.05. The zero-order chi connectivity index (χ0) is 13.1. The number of hydrogen-bond acceptors (Lipinski definition) is 4. The minimum Gasteiger partial charge on any atom is -0.493 e. The van der Waals surface area contributed by atoms with Crippen molar-refractivity contribution in [2.24, 2.45) is 0 Å². The van der Waals surface area contributed by atoms with Crippen molar-refractivity contribution in [2.75, 3.05) is 14.2 Å². The second-order valence-corrected chi connectivity index (χ2v) is 3.83. The summed E-state index contributed by atoms with van der Waals surface area (Å²) in [6.45, 7) is 1.92. The molecule has 0 spiro atoms. The van der Waals surface area contributed by atoms with Gasteiger partial charge in [-0.2, -0.15) is 5.10 Å². The van der Waals surface area contributed by atoms with Gasteiger partial charge in [0.15, 0.2) is 17.8 Å². The van der Waals surface area contributed by atoms with E-state index in [0.717, 1.165) is 23.1 Å². The van der Waals surface area contributed by atoms with Crippen molar-refractivity contribution in [1.29, 1.82) is 0 Å². The average molecular weight is 246 g/mol. The number of H-pyrrole nitrogens is 1. The van der Waals surface area contributed by atoms with Gasteiger partial charge in [0.1, 0.15) is 0 Å². The molecule has 1 N–H and O–H groups in total. The summed E-state index contributed by atoms with van der Waals surface area (Å²) in [5.74, 6) is 0.968. The molecule has 2 rings (SSSR count). The highest BCUT2D eigenvalue weighted by Gasteiger charge is 2.14. The van der Waals surface area contributed by atoms with Gasteiger partial charge in [-0.15, -0.1) is 0 Å². The van der Waals surface area contributed by atoms with E-state index in [-0.39, 0.29) is 0 Å². The molecule has 0 aliphatic heterocycles. The van der Waals surface area contributed by atoms with Gasteiger partial charge < -0.3 is 9.47 Å². The predicted octanol–water partition coefficient (Wildman–Crippen LogP) is 2.21. The maximum atomic E-state index is 11.1. The van der Waals surface area contributed by atoms with Gasteiger partial charge in [-0.25, -0.2) is 0 Å². The molecule has 5 heteroatoms. The average Bonchev–Trinajstić information content (AvgIpc) is 2.83. The number of carbonyl (C=O) groups is 1. The number of aldehydes is 1. The fourth-order valence-corrected chi connectivity index (χ4v) is 1.88. The summed E-state index contributed by atoms with van der Waals surface area (Å²) in [6, 6.07) is 3.58. The Labute approximate surface area is 105 Å². The topological polar surface area (TPSA) is 64.2 Å². The molecule has 18 heavy (non-hydrogen) atoms. The fraction of sp³-hybridized carbons (Fsp3) is 0.231. The minimum absolute atomic E-state index is 0.442. The smallest absolute Gasteiger partial charge is 0.171 e. The van der Waals surface area contributed by atoms with Crippen LogP contribution >= 0.6 is 0 Å². The Bertz CT molecular complexity index is 576. The molecule has 0 fully saturated rings. The van der Waals surface area contributed by atoms with Gasteiger partial charge in [-0.3, -0.25) is 9.89 Å². The van der Waals surface area contributed by atoms with Crippen LogP contribution in [0.1, 0.15) is 16.1 Å². The quantitative estimate of drug-likeness (QED) is 0.840. The molecule has 2 aromatic rings. The number of carbonyl (C=O) groups excluding carboxylic acids is 1. The number of nitrogens with zero attached hydrogens (tertiary/aromatic N) is 1. The fourth-order valence-electron chi connectivity index (χ4n) is 1.88. The van der Waals surface area contributed by atoms with E-state index in [2.05, 4.69) is 10.2 Å². The van der Waals surface area contributed by atoms with Crippen LogP contribution in [0.5, 0.6) is 11.5 Å². The van der Waals surface area contributed by atoms with Gasteiger partial charge in [0.25, 0.3) is 0 Å². The number of benzene rings is 1. The Balaban J connectivity index is 2.64. The first kappa shape index (κ1) is 12.2. The molecule has 0 amide bonds. The van der Waals surface area contributed by atoms with E-state index in [1.165, 1.54) is 7.11 Å². The number of nitrogens with one attached hydrogen (secondary N) is 1. The lowest BCUT2D eigenvalue weighted by Gasteiger charge is -2.11. The van der Waals surface area contributed by atoms with E-state index in [4.69, 9.17) is 9.47 Å². The van der Waals surface area contributed by atoms with Crippen molar-refractivity contribution in [2.45, 2.75) is 6.92 Å². The zero-order valence-electron chi connectivity index (χ0n) is 10.5. The molecular formula is C13H14N2O3. The molecule has 0 bridgehead atoms. The molecule has 0 atom stereocenters. The van der Waals surface area contributed by atoms with Crippen molar-refractivity contribution in [3.8, 4) is 22.6 Å². The van der Waals surface area contributed by atoms with Crippen LogP contribution in [0.4, 0.5) is 0 Å². The van der Waals surface area contributed by atoms with Crippen LogP contribution in [0.15, 0.2) is 18.3 Å². The van der Waals surface area contributed by atoms with Crippen molar-refractivity contribution in [3.05, 3.63) is 29.6 Å². The lowest BCUT2D eigenvalue weighted by molar-refractivity contribution is 0.112. The Morgan fingerprint density at radius 3 is 2.56 bits per heavy atom. The SMILES string of the molecule is COc1cc(-c2cn[nH]c2C)cc(C=O)c1OC. The lowest BCUT2D eigenvalue weighted by atomic mass is 10.0. The molecule has 0 saturated carbocycles. The maximum absolute atomic E-state index is 11.1. The largest absolute Gasteiger partial charge is 0.493 e. The number of hydrogen-bond donors (Lipinski definition) is 1. The Morgan fingerprint density at radius 1 is 1.28 bits per heavy atom. The third-order valence-corrected chi connectivity index (χ3v) is 2.78. The summed E-state index contributed by atoms with van der Waals surface area (Å²) in [6.07, 6.45) is 2.46. The minimum atomic E-state index is 0.442. The van der Waals surface area contributed by atoms with Gasteiger partial charge in [0.05, 0.1) is 26.0 Å². The number of methoxy groups -OCH3 is 2. The van der Waals surface area contributed by atoms with Gasteiger partial charge in [0, 0.05) is 11.3 Å². The molecule has 0 aliphatic rings. The van der Waals surface area contributed by atoms with Crippen molar-refractivity contribution >= 4 is 6.29 Å². The Hall–Kier alpha value is -2.30. The number of aryl methyl sites for hydroxylation is 1. The maximum Gasteiger partial charge on any atom is 0.171 e. The molecule has 0 saturated heterocycles. The van der Waals surface area contributed by atoms with Crippen LogP contribution in [0.3, 0.4) is 0 Å². The third-order valence-electron chi connectivity index (χ3n) is 2.78. The first-order valence-electron chi connectivity index (χ1n) is 5.42. The second kappa shape index (κ2) is 4.91. The molecule has 1 heterocycles. The van der Waals surface area contributed by atoms with Crippen LogP contribution in [-0.4, -0.2) is 30.7 Å². The number of aromatic nitrogens is 2. The zero-order valence-corrected chi connectivity index (χ0v) is 10.5. The van der Waals surface area contributed by atoms with Gasteiger partial charge in [0.2, 0.25) is 0 Å². The molecule has 94 valence electrons. The van der Waals surface area contributed by atoms with E-state index < -0.39 is 0 Å². The highest BCUT2D eigenvalue weighted by atomic mass is 16.5. The summed E-state index contributed by atoms with van der Waals surface area (Å²) in [4.78, 5) is 11.1. The van der Waals surface area contributed by atoms with Crippen LogP contribution in [0.25, 0.3) is 11.1 Å². The lowest BCUT2D eigenvalue weighted by Crippen LogP contribution is -1.96. The Kier molecular flexibility index (Phi) is 3.32. The van der Waals surface area contributed by atoms with Gasteiger partial charge >= 0.3 is 0 Å². The van der Waals surface area contributed by atoms with E-state index in [9.17, 15) is 4.79 Å². The molecular weight excluding hydrogens is 232 g/mol. The molecule has 1 aromatic carbocycles. The van der Waals surface area contributed by atoms with Crippen LogP contribution < -0.4 is 9.47 Å². The van der Waals surface area contributed by atoms with Crippen molar-refractivity contribution in [1.82, 2.24) is 10.2 Å². The summed E-state index contributed by atoms with van der Waals surface area (Å²) in [5.41, 5.74) is 3.17. The second-order valence-electron chi connectivity index (χ2n) is 3.83. The molecule has 1 aromatic heterocycles. The third kappa shape index (κ3) is 1.95. The summed E-state index contributed by atoms with van der Waals surface area (Å²) in [5, 5.41) is 6.83. The molecule has 0 unspecified atom stereocenters. The van der Waals surface area contributed by atoms with Crippen LogP contribution in [-0.2, 0) is 0 Å². The van der Waals surface area contributed by atoms with E-state index in [0.29, 0.717) is 17.1 Å². The van der Waals surface area contributed by atoms with E-state index >= 15 is 0 Å². The van der Waals surface area contributed by atoms with E-state index in [1.54, 1.807) is 19.4 Å². The highest BCUT2D eigenvalue weighted by molar-refractivity contribution is 5.85. The Morgan fingerprint density at radius 2 is 2.06 bits per heavy atom. The van der Waals surface area contributed by atoms with Crippen LogP contribution in [0.2, 0.25) is 0 Å². The molecule has 0 radical (unpaired) electrons. The summed E-state index contributed by atoms with van der Waals surface area (Å²) < 4.78 is 10.4. The first-order chi connectivity index (χ1) is 8.71. The molecule has 5 nitrogen and oxygen atoms in total. The van der Waals surface area contributed by atoms with E-state index in [1.807, 2.05) is 13.0 Å². The monoisotopic (exact) mass is 246 g/mol. The standard InChI is InChI=1S/C13H14N2O3/c1-8-11(6-14-15-8)9-4-10(7-16)13(18-3)12(5-9)17-2/h4-7H,1-3H3,(H,14,15). The van der Waals surface area contributed by atoms with Gasteiger partial charge in [-0.1, -0.05) is 0 Å². The van der Waals surface area contributed by atoms with Crippen molar-refractivity contribution in [3.63, 3.8) is 0 Å². The predicted molar refractivity (Wildman–Crippen MR) is 67.3 cm³/mol. The number of aromatic amines is 1.